The molecule has 0 fully saturated rings. The van der Waals surface area contributed by atoms with Crippen LogP contribution in [0.1, 0.15) is 22.6 Å². The van der Waals surface area contributed by atoms with Crippen LogP contribution in [0.3, 0.4) is 0 Å². The maximum Gasteiger partial charge on any atom is 0.354 e. The Hall–Kier alpha value is -1.07. The van der Waals surface area contributed by atoms with Crippen molar-refractivity contribution in [1.82, 2.24) is 4.98 Å². The number of rotatable bonds is 6. The van der Waals surface area contributed by atoms with E-state index in [1.165, 1.54) is 6.07 Å². The molecule has 1 heterocycles. The quantitative estimate of drug-likeness (QED) is 0.716. The van der Waals surface area contributed by atoms with Gasteiger partial charge in [-0.25, -0.2) is 9.78 Å². The highest BCUT2D eigenvalue weighted by atomic mass is 32.2. The van der Waals surface area contributed by atoms with Gasteiger partial charge in [-0.15, -0.1) is 0 Å². The van der Waals surface area contributed by atoms with Crippen molar-refractivity contribution in [3.8, 4) is 0 Å². The van der Waals surface area contributed by atoms with E-state index < -0.39 is 5.97 Å². The minimum absolute atomic E-state index is 0.104. The van der Waals surface area contributed by atoms with E-state index in [9.17, 15) is 4.79 Å². The molecule has 1 aromatic rings. The molecule has 0 atom stereocenters. The maximum absolute atomic E-state index is 10.6. The van der Waals surface area contributed by atoms with Crippen LogP contribution < -0.4 is 5.73 Å². The first-order valence-electron chi connectivity index (χ1n) is 4.71. The number of hydrogen-bond donors (Lipinski definition) is 2. The SMILES string of the molecule is NCCCSCc1cccc(C(=O)O)n1. The smallest absolute Gasteiger partial charge is 0.354 e. The molecule has 1 rings (SSSR count). The monoisotopic (exact) mass is 226 g/mol. The Kier molecular flexibility index (Phi) is 5.14. The third-order valence-corrected chi connectivity index (χ3v) is 2.85. The minimum atomic E-state index is -0.983. The van der Waals surface area contributed by atoms with Gasteiger partial charge in [0.25, 0.3) is 0 Å². The number of hydrogen-bond acceptors (Lipinski definition) is 4. The summed E-state index contributed by atoms with van der Waals surface area (Å²) in [5.41, 5.74) is 6.27. The van der Waals surface area contributed by atoms with Crippen molar-refractivity contribution in [2.24, 2.45) is 5.73 Å². The number of nitrogens with zero attached hydrogens (tertiary/aromatic N) is 1. The van der Waals surface area contributed by atoms with E-state index in [-0.39, 0.29) is 5.69 Å². The number of pyridine rings is 1. The summed E-state index contributed by atoms with van der Waals surface area (Å²) >= 11 is 1.72. The first-order chi connectivity index (χ1) is 7.24. The van der Waals surface area contributed by atoms with Gasteiger partial charge in [0.1, 0.15) is 5.69 Å². The van der Waals surface area contributed by atoms with Crippen molar-refractivity contribution in [3.63, 3.8) is 0 Å². The van der Waals surface area contributed by atoms with E-state index in [1.807, 2.05) is 6.07 Å². The first kappa shape index (κ1) is 12.0. The van der Waals surface area contributed by atoms with E-state index in [4.69, 9.17) is 10.8 Å². The Balaban J connectivity index is 2.47. The Morgan fingerprint density at radius 2 is 2.33 bits per heavy atom. The highest BCUT2D eigenvalue weighted by Crippen LogP contribution is 2.11. The molecular weight excluding hydrogens is 212 g/mol. The second-order valence-corrected chi connectivity index (χ2v) is 4.12. The Morgan fingerprint density at radius 1 is 1.53 bits per heavy atom. The van der Waals surface area contributed by atoms with Crippen molar-refractivity contribution < 1.29 is 9.90 Å². The van der Waals surface area contributed by atoms with Crippen LogP contribution in [0.2, 0.25) is 0 Å². The number of thioether (sulfide) groups is 1. The van der Waals surface area contributed by atoms with Crippen LogP contribution >= 0.6 is 11.8 Å². The van der Waals surface area contributed by atoms with Crippen LogP contribution in [0.25, 0.3) is 0 Å². The van der Waals surface area contributed by atoms with Gasteiger partial charge >= 0.3 is 5.97 Å². The molecule has 0 unspecified atom stereocenters. The van der Waals surface area contributed by atoms with Gasteiger partial charge in [-0.2, -0.15) is 11.8 Å². The molecule has 0 aliphatic heterocycles. The molecule has 0 saturated carbocycles. The summed E-state index contributed by atoms with van der Waals surface area (Å²) in [6, 6.07) is 5.05. The lowest BCUT2D eigenvalue weighted by atomic mass is 10.3. The lowest BCUT2D eigenvalue weighted by Crippen LogP contribution is -2.02. The van der Waals surface area contributed by atoms with Crippen LogP contribution in [0.15, 0.2) is 18.2 Å². The summed E-state index contributed by atoms with van der Waals surface area (Å²) in [6.07, 6.45) is 0.975. The zero-order valence-electron chi connectivity index (χ0n) is 8.35. The van der Waals surface area contributed by atoms with Crippen molar-refractivity contribution >= 4 is 17.7 Å². The van der Waals surface area contributed by atoms with E-state index in [1.54, 1.807) is 17.8 Å². The summed E-state index contributed by atoms with van der Waals surface area (Å²) in [6.45, 7) is 0.690. The van der Waals surface area contributed by atoms with Gasteiger partial charge in [0.2, 0.25) is 0 Å². The fourth-order valence-corrected chi connectivity index (χ4v) is 1.93. The molecule has 0 bridgehead atoms. The zero-order valence-corrected chi connectivity index (χ0v) is 9.17. The highest BCUT2D eigenvalue weighted by Gasteiger charge is 2.04. The van der Waals surface area contributed by atoms with Crippen LogP contribution in [0, 0.1) is 0 Å². The van der Waals surface area contributed by atoms with Crippen LogP contribution in [-0.2, 0) is 5.75 Å². The standard InChI is InChI=1S/C10H14N2O2S/c11-5-2-6-15-7-8-3-1-4-9(12-8)10(13)14/h1,3-4H,2,5-7,11H2,(H,13,14). The summed E-state index contributed by atoms with van der Waals surface area (Å²) in [5.74, 6) is 0.736. The fraction of sp³-hybridized carbons (Fsp3) is 0.400. The van der Waals surface area contributed by atoms with E-state index in [0.717, 1.165) is 23.6 Å². The number of carboxylic acids is 1. The number of aromatic carboxylic acids is 1. The summed E-state index contributed by atoms with van der Waals surface area (Å²) in [5, 5.41) is 8.73. The predicted octanol–water partition coefficient (Wildman–Crippen LogP) is 1.36. The van der Waals surface area contributed by atoms with Crippen molar-refractivity contribution in [1.29, 1.82) is 0 Å². The minimum Gasteiger partial charge on any atom is -0.477 e. The Labute approximate surface area is 92.9 Å². The molecule has 0 aliphatic rings. The van der Waals surface area contributed by atoms with Gasteiger partial charge in [-0.1, -0.05) is 6.07 Å². The van der Waals surface area contributed by atoms with Crippen molar-refractivity contribution in [2.75, 3.05) is 12.3 Å². The topological polar surface area (TPSA) is 76.2 Å². The summed E-state index contributed by atoms with van der Waals surface area (Å²) in [4.78, 5) is 14.7. The Morgan fingerprint density at radius 3 is 3.00 bits per heavy atom. The molecule has 0 spiro atoms. The molecule has 15 heavy (non-hydrogen) atoms. The van der Waals surface area contributed by atoms with E-state index in [2.05, 4.69) is 4.98 Å². The number of carboxylic acid groups (broad SMARTS) is 1. The van der Waals surface area contributed by atoms with E-state index in [0.29, 0.717) is 6.54 Å². The van der Waals surface area contributed by atoms with Gasteiger partial charge in [0.15, 0.2) is 0 Å². The molecule has 0 amide bonds. The molecule has 0 saturated heterocycles. The van der Waals surface area contributed by atoms with Crippen LogP contribution in [-0.4, -0.2) is 28.4 Å². The lowest BCUT2D eigenvalue weighted by molar-refractivity contribution is 0.0690. The second-order valence-electron chi connectivity index (χ2n) is 3.01. The van der Waals surface area contributed by atoms with Gasteiger partial charge < -0.3 is 10.8 Å². The Bertz CT molecular complexity index is 331. The van der Waals surface area contributed by atoms with Gasteiger partial charge in [0.05, 0.1) is 5.69 Å². The average Bonchev–Trinajstić information content (AvgIpc) is 2.25. The molecule has 0 aliphatic carbocycles. The fourth-order valence-electron chi connectivity index (χ4n) is 1.04. The van der Waals surface area contributed by atoms with E-state index >= 15 is 0 Å². The molecule has 0 radical (unpaired) electrons. The van der Waals surface area contributed by atoms with Gasteiger partial charge in [-0.3, -0.25) is 0 Å². The second kappa shape index (κ2) is 6.42. The predicted molar refractivity (Wildman–Crippen MR) is 61.0 cm³/mol. The molecule has 4 nitrogen and oxygen atoms in total. The molecule has 1 aromatic heterocycles. The average molecular weight is 226 g/mol. The number of aromatic nitrogens is 1. The molecular formula is C10H14N2O2S. The first-order valence-corrected chi connectivity index (χ1v) is 5.86. The maximum atomic E-state index is 10.6. The number of nitrogens with two attached hydrogens (primary N) is 1. The van der Waals surface area contributed by atoms with Crippen molar-refractivity contribution in [2.45, 2.75) is 12.2 Å². The third kappa shape index (κ3) is 4.31. The highest BCUT2D eigenvalue weighted by molar-refractivity contribution is 7.98. The summed E-state index contributed by atoms with van der Waals surface area (Å²) in [7, 11) is 0. The van der Waals surface area contributed by atoms with Gasteiger partial charge in [-0.05, 0) is 30.9 Å². The normalized spacial score (nSPS) is 10.2. The van der Waals surface area contributed by atoms with Crippen LogP contribution in [0.5, 0.6) is 0 Å². The zero-order chi connectivity index (χ0) is 11.1. The molecule has 82 valence electrons. The number of carbonyl (C=O) groups is 1. The van der Waals surface area contributed by atoms with Crippen LogP contribution in [0.4, 0.5) is 0 Å². The molecule has 5 heteroatoms. The van der Waals surface area contributed by atoms with Crippen molar-refractivity contribution in [3.05, 3.63) is 29.6 Å². The lowest BCUT2D eigenvalue weighted by Gasteiger charge is -2.01. The molecule has 0 aromatic carbocycles. The third-order valence-electron chi connectivity index (χ3n) is 1.77. The molecule has 3 N–H and O–H groups in total. The largest absolute Gasteiger partial charge is 0.477 e. The summed E-state index contributed by atoms with van der Waals surface area (Å²) < 4.78 is 0. The van der Waals surface area contributed by atoms with Gasteiger partial charge in [0, 0.05) is 5.75 Å².